The maximum Gasteiger partial charge on any atom is 0.410 e. The van der Waals surface area contributed by atoms with Crippen LogP contribution in [0.2, 0.25) is 0 Å². The number of hydrogen-bond donors (Lipinski definition) is 1. The second-order valence-corrected chi connectivity index (χ2v) is 12.5. The van der Waals surface area contributed by atoms with Crippen molar-refractivity contribution in [3.05, 3.63) is 35.4 Å². The standard InChI is InChI=1S/C29H47N3O3/c1-21(2)24-9-7-8-10-25(24)26-19-31(22(3)4)15-16-32(26)23-17-29(18-23)11-13-30(14-12-29)27(34)35-28(5,6)20-33/h7-10,21-23,26,33H,11-20H2,1-6H3. The van der Waals surface area contributed by atoms with E-state index in [1.165, 1.54) is 24.0 Å². The van der Waals surface area contributed by atoms with E-state index in [1.54, 1.807) is 13.8 Å². The summed E-state index contributed by atoms with van der Waals surface area (Å²) >= 11 is 0. The van der Waals surface area contributed by atoms with Crippen LogP contribution in [0.1, 0.15) is 90.3 Å². The van der Waals surface area contributed by atoms with E-state index < -0.39 is 5.60 Å². The number of rotatable bonds is 6. The molecule has 1 atom stereocenters. The van der Waals surface area contributed by atoms with E-state index in [4.69, 9.17) is 4.74 Å². The number of carbonyl (C=O) groups excluding carboxylic acids is 1. The molecule has 3 aliphatic rings. The molecule has 0 bridgehead atoms. The van der Waals surface area contributed by atoms with Gasteiger partial charge in [0.1, 0.15) is 5.60 Å². The molecule has 1 amide bonds. The first-order valence-electron chi connectivity index (χ1n) is 13.7. The van der Waals surface area contributed by atoms with Crippen LogP contribution in [0.4, 0.5) is 4.79 Å². The first-order chi connectivity index (χ1) is 16.5. The van der Waals surface area contributed by atoms with E-state index in [-0.39, 0.29) is 12.7 Å². The Balaban J connectivity index is 1.41. The third kappa shape index (κ3) is 5.70. The van der Waals surface area contributed by atoms with Crippen LogP contribution in [0.15, 0.2) is 24.3 Å². The second kappa shape index (κ2) is 10.4. The smallest absolute Gasteiger partial charge is 0.410 e. The van der Waals surface area contributed by atoms with Crippen LogP contribution in [0.25, 0.3) is 0 Å². The van der Waals surface area contributed by atoms with Gasteiger partial charge < -0.3 is 14.7 Å². The number of hydrogen-bond acceptors (Lipinski definition) is 5. The van der Waals surface area contributed by atoms with Gasteiger partial charge in [-0.1, -0.05) is 38.1 Å². The molecule has 2 heterocycles. The number of aliphatic hydroxyl groups excluding tert-OH is 1. The Morgan fingerprint density at radius 2 is 1.74 bits per heavy atom. The van der Waals surface area contributed by atoms with Gasteiger partial charge in [-0.2, -0.15) is 0 Å². The highest BCUT2D eigenvalue weighted by Gasteiger charge is 2.50. The fourth-order valence-electron chi connectivity index (χ4n) is 6.42. The van der Waals surface area contributed by atoms with Crippen molar-refractivity contribution in [3.8, 4) is 0 Å². The maximum absolute atomic E-state index is 12.6. The molecule has 1 aromatic carbocycles. The first-order valence-corrected chi connectivity index (χ1v) is 13.7. The zero-order chi connectivity index (χ0) is 25.4. The van der Waals surface area contributed by atoms with Crippen molar-refractivity contribution in [2.24, 2.45) is 5.41 Å². The van der Waals surface area contributed by atoms with Crippen molar-refractivity contribution in [2.45, 2.75) is 96.9 Å². The van der Waals surface area contributed by atoms with Gasteiger partial charge in [0.25, 0.3) is 0 Å². The first kappa shape index (κ1) is 26.4. The van der Waals surface area contributed by atoms with Crippen molar-refractivity contribution < 1.29 is 14.6 Å². The number of nitrogens with zero attached hydrogens (tertiary/aromatic N) is 3. The molecule has 6 heteroatoms. The van der Waals surface area contributed by atoms with Crippen LogP contribution in [-0.4, -0.2) is 82.9 Å². The van der Waals surface area contributed by atoms with E-state index in [1.807, 2.05) is 4.90 Å². The predicted octanol–water partition coefficient (Wildman–Crippen LogP) is 5.03. The molecule has 1 spiro atoms. The predicted molar refractivity (Wildman–Crippen MR) is 141 cm³/mol. The van der Waals surface area contributed by atoms with Gasteiger partial charge in [-0.05, 0) is 75.8 Å². The van der Waals surface area contributed by atoms with E-state index in [0.717, 1.165) is 45.6 Å². The van der Waals surface area contributed by atoms with Gasteiger partial charge in [0.2, 0.25) is 0 Å². The minimum Gasteiger partial charge on any atom is -0.441 e. The molecule has 1 saturated carbocycles. The number of amides is 1. The highest BCUT2D eigenvalue weighted by Crippen LogP contribution is 2.53. The van der Waals surface area contributed by atoms with Crippen LogP contribution in [-0.2, 0) is 4.74 Å². The Bertz CT molecular complexity index is 868. The number of piperidine rings is 1. The van der Waals surface area contributed by atoms with Crippen molar-refractivity contribution >= 4 is 6.09 Å². The zero-order valence-corrected chi connectivity index (χ0v) is 22.8. The van der Waals surface area contributed by atoms with Crippen molar-refractivity contribution in [1.29, 1.82) is 0 Å². The number of likely N-dealkylation sites (tertiary alicyclic amines) is 1. The maximum atomic E-state index is 12.6. The Labute approximate surface area is 212 Å². The summed E-state index contributed by atoms with van der Waals surface area (Å²) in [6.07, 6.45) is 4.29. The van der Waals surface area contributed by atoms with Gasteiger partial charge in [-0.15, -0.1) is 0 Å². The molecular formula is C29H47N3O3. The zero-order valence-electron chi connectivity index (χ0n) is 22.8. The number of carbonyl (C=O) groups is 1. The van der Waals surface area contributed by atoms with Crippen LogP contribution < -0.4 is 0 Å². The van der Waals surface area contributed by atoms with Gasteiger partial charge >= 0.3 is 6.09 Å². The summed E-state index contributed by atoms with van der Waals surface area (Å²) < 4.78 is 5.51. The molecule has 1 aromatic rings. The average Bonchev–Trinajstić information content (AvgIpc) is 2.82. The van der Waals surface area contributed by atoms with Crippen molar-refractivity contribution in [3.63, 3.8) is 0 Å². The third-order valence-electron chi connectivity index (χ3n) is 8.79. The largest absolute Gasteiger partial charge is 0.441 e. The van der Waals surface area contributed by atoms with E-state index in [0.29, 0.717) is 29.5 Å². The lowest BCUT2D eigenvalue weighted by Crippen LogP contribution is -2.61. The Hall–Kier alpha value is -1.63. The number of piperazine rings is 1. The molecule has 4 rings (SSSR count). The van der Waals surface area contributed by atoms with Crippen LogP contribution >= 0.6 is 0 Å². The lowest BCUT2D eigenvalue weighted by atomic mass is 9.59. The van der Waals surface area contributed by atoms with Crippen molar-refractivity contribution in [1.82, 2.24) is 14.7 Å². The molecule has 2 saturated heterocycles. The molecular weight excluding hydrogens is 438 g/mol. The fourth-order valence-corrected chi connectivity index (χ4v) is 6.42. The summed E-state index contributed by atoms with van der Waals surface area (Å²) in [6, 6.07) is 10.7. The lowest BCUT2D eigenvalue weighted by molar-refractivity contribution is -0.0826. The summed E-state index contributed by atoms with van der Waals surface area (Å²) in [7, 11) is 0. The summed E-state index contributed by atoms with van der Waals surface area (Å²) in [5.74, 6) is 0.523. The molecule has 0 radical (unpaired) electrons. The molecule has 6 nitrogen and oxygen atoms in total. The van der Waals surface area contributed by atoms with Crippen LogP contribution in [0, 0.1) is 5.41 Å². The number of benzene rings is 1. The highest BCUT2D eigenvalue weighted by molar-refractivity contribution is 5.68. The summed E-state index contributed by atoms with van der Waals surface area (Å²) in [5, 5.41) is 9.42. The third-order valence-corrected chi connectivity index (χ3v) is 8.79. The minimum atomic E-state index is -0.826. The highest BCUT2D eigenvalue weighted by atomic mass is 16.6. The van der Waals surface area contributed by atoms with E-state index in [9.17, 15) is 9.90 Å². The molecule has 35 heavy (non-hydrogen) atoms. The minimum absolute atomic E-state index is 0.163. The second-order valence-electron chi connectivity index (χ2n) is 12.5. The Morgan fingerprint density at radius 1 is 1.09 bits per heavy atom. The monoisotopic (exact) mass is 485 g/mol. The molecule has 2 aliphatic heterocycles. The lowest BCUT2D eigenvalue weighted by Gasteiger charge is -2.58. The molecule has 196 valence electrons. The van der Waals surface area contributed by atoms with E-state index in [2.05, 4.69) is 61.8 Å². The van der Waals surface area contributed by atoms with Gasteiger partial charge in [0, 0.05) is 50.8 Å². The van der Waals surface area contributed by atoms with Gasteiger partial charge in [0.15, 0.2) is 0 Å². The fraction of sp³-hybridized carbons (Fsp3) is 0.759. The van der Waals surface area contributed by atoms with Gasteiger partial charge in [-0.3, -0.25) is 9.80 Å². The summed E-state index contributed by atoms with van der Waals surface area (Å²) in [5.41, 5.74) is 2.54. The number of aliphatic hydroxyl groups is 1. The van der Waals surface area contributed by atoms with Crippen molar-refractivity contribution in [2.75, 3.05) is 39.3 Å². The average molecular weight is 486 g/mol. The SMILES string of the molecule is CC(C)c1ccccc1C1CN(C(C)C)CCN1C1CC2(CCN(C(=O)OC(C)(C)CO)CC2)C1. The molecule has 1 N–H and O–H groups in total. The van der Waals surface area contributed by atoms with Crippen LogP contribution in [0.5, 0.6) is 0 Å². The molecule has 0 aromatic heterocycles. The number of ether oxygens (including phenoxy) is 1. The normalized spacial score (nSPS) is 24.3. The Morgan fingerprint density at radius 3 is 2.34 bits per heavy atom. The Kier molecular flexibility index (Phi) is 7.85. The molecule has 1 unspecified atom stereocenters. The van der Waals surface area contributed by atoms with Gasteiger partial charge in [0.05, 0.1) is 6.61 Å². The quantitative estimate of drug-likeness (QED) is 0.613. The molecule has 1 aliphatic carbocycles. The topological polar surface area (TPSA) is 56.2 Å². The summed E-state index contributed by atoms with van der Waals surface area (Å²) in [4.78, 5) is 19.8. The molecule has 3 fully saturated rings. The summed E-state index contributed by atoms with van der Waals surface area (Å²) in [6.45, 7) is 17.5. The van der Waals surface area contributed by atoms with Crippen LogP contribution in [0.3, 0.4) is 0 Å². The van der Waals surface area contributed by atoms with E-state index >= 15 is 0 Å². The van der Waals surface area contributed by atoms with Gasteiger partial charge in [-0.25, -0.2) is 4.79 Å².